The third kappa shape index (κ3) is 3.55. The zero-order valence-electron chi connectivity index (χ0n) is 12.8. The highest BCUT2D eigenvalue weighted by atomic mass is 15.3. The number of likely N-dealkylation sites (N-methyl/N-ethyl adjacent to an activating group) is 2. The first-order valence-electron chi connectivity index (χ1n) is 7.09. The van der Waals surface area contributed by atoms with E-state index in [2.05, 4.69) is 54.4 Å². The number of rotatable bonds is 4. The van der Waals surface area contributed by atoms with E-state index in [4.69, 9.17) is 0 Å². The maximum Gasteiger partial charge on any atom is 0.0641 e. The second-order valence-electron chi connectivity index (χ2n) is 5.87. The molecule has 1 saturated heterocycles. The minimum atomic E-state index is 0.356. The van der Waals surface area contributed by atoms with Crippen molar-refractivity contribution in [1.29, 1.82) is 0 Å². The van der Waals surface area contributed by atoms with Crippen molar-refractivity contribution >= 4 is 0 Å². The van der Waals surface area contributed by atoms with Crippen molar-refractivity contribution in [2.45, 2.75) is 25.9 Å². The Bertz CT molecular complexity index is 414. The molecular weight excluding hydrogens is 238 g/mol. The summed E-state index contributed by atoms with van der Waals surface area (Å²) in [5.41, 5.74) is 2.42. The summed E-state index contributed by atoms with van der Waals surface area (Å²) in [7, 11) is 6.40. The molecule has 0 aliphatic carbocycles. The van der Waals surface area contributed by atoms with Gasteiger partial charge in [-0.2, -0.15) is 5.10 Å². The lowest BCUT2D eigenvalue weighted by Crippen LogP contribution is -2.53. The van der Waals surface area contributed by atoms with E-state index in [0.717, 1.165) is 25.3 Å². The number of piperazine rings is 1. The van der Waals surface area contributed by atoms with E-state index < -0.39 is 0 Å². The average Bonchev–Trinajstić information content (AvgIpc) is 2.69. The first-order valence-corrected chi connectivity index (χ1v) is 7.09. The number of nitrogens with zero attached hydrogens (tertiary/aromatic N) is 4. The fraction of sp³-hybridized carbons (Fsp3) is 0.786. The Morgan fingerprint density at radius 3 is 2.74 bits per heavy atom. The summed E-state index contributed by atoms with van der Waals surface area (Å²) >= 11 is 0. The van der Waals surface area contributed by atoms with Crippen molar-refractivity contribution in [1.82, 2.24) is 24.9 Å². The molecule has 2 rings (SSSR count). The molecule has 0 aromatic carbocycles. The maximum atomic E-state index is 4.41. The first kappa shape index (κ1) is 14.5. The van der Waals surface area contributed by atoms with Gasteiger partial charge in [0.15, 0.2) is 0 Å². The second kappa shape index (κ2) is 6.03. The molecule has 1 aromatic heterocycles. The molecule has 19 heavy (non-hydrogen) atoms. The van der Waals surface area contributed by atoms with Crippen LogP contribution in [0.3, 0.4) is 0 Å². The number of hydrogen-bond acceptors (Lipinski definition) is 4. The van der Waals surface area contributed by atoms with Gasteiger partial charge in [0, 0.05) is 57.1 Å². The lowest BCUT2D eigenvalue weighted by molar-refractivity contribution is 0.112. The summed E-state index contributed by atoms with van der Waals surface area (Å²) < 4.78 is 1.89. The Morgan fingerprint density at radius 1 is 1.37 bits per heavy atom. The quantitative estimate of drug-likeness (QED) is 0.866. The van der Waals surface area contributed by atoms with Crippen LogP contribution in [0.4, 0.5) is 0 Å². The molecule has 1 aromatic rings. The molecule has 1 aliphatic heterocycles. The number of aryl methyl sites for hydroxylation is 2. The summed E-state index contributed by atoms with van der Waals surface area (Å²) in [6, 6.07) is 0.951. The molecule has 0 amide bonds. The Balaban J connectivity index is 1.89. The van der Waals surface area contributed by atoms with E-state index in [1.807, 2.05) is 11.7 Å². The molecule has 5 nitrogen and oxygen atoms in total. The smallest absolute Gasteiger partial charge is 0.0641 e. The zero-order valence-corrected chi connectivity index (χ0v) is 12.8. The fourth-order valence-corrected chi connectivity index (χ4v) is 2.79. The topological polar surface area (TPSA) is 36.3 Å². The van der Waals surface area contributed by atoms with E-state index in [9.17, 15) is 0 Å². The van der Waals surface area contributed by atoms with E-state index >= 15 is 0 Å². The van der Waals surface area contributed by atoms with E-state index in [1.165, 1.54) is 12.1 Å². The van der Waals surface area contributed by atoms with Gasteiger partial charge in [0.1, 0.15) is 0 Å². The molecule has 1 N–H and O–H groups in total. The van der Waals surface area contributed by atoms with Gasteiger partial charge in [0.25, 0.3) is 0 Å². The van der Waals surface area contributed by atoms with Crippen LogP contribution in [0.5, 0.6) is 0 Å². The second-order valence-corrected chi connectivity index (χ2v) is 5.87. The number of hydrogen-bond donors (Lipinski definition) is 1. The molecular formula is C14H27N5. The molecule has 0 spiro atoms. The van der Waals surface area contributed by atoms with Crippen LogP contribution in [0.25, 0.3) is 0 Å². The summed E-state index contributed by atoms with van der Waals surface area (Å²) in [4.78, 5) is 4.86. The van der Waals surface area contributed by atoms with E-state index in [1.54, 1.807) is 0 Å². The Hall–Kier alpha value is -0.910. The monoisotopic (exact) mass is 265 g/mol. The third-order valence-electron chi connectivity index (χ3n) is 4.16. The molecule has 0 saturated carbocycles. The first-order chi connectivity index (χ1) is 8.97. The highest BCUT2D eigenvalue weighted by Gasteiger charge is 2.22. The SMILES string of the molecule is Cc1nn(C)cc1C(C)NCC1CN(C)CCN1C. The van der Waals surface area contributed by atoms with Crippen molar-refractivity contribution in [2.75, 3.05) is 40.3 Å². The van der Waals surface area contributed by atoms with Gasteiger partial charge in [-0.25, -0.2) is 0 Å². The molecule has 0 bridgehead atoms. The molecule has 2 unspecified atom stereocenters. The van der Waals surface area contributed by atoms with Gasteiger partial charge in [-0.05, 0) is 27.9 Å². The predicted octanol–water partition coefficient (Wildman–Crippen LogP) is 0.625. The molecule has 2 heterocycles. The predicted molar refractivity (Wildman–Crippen MR) is 78.3 cm³/mol. The highest BCUT2D eigenvalue weighted by molar-refractivity contribution is 5.19. The zero-order chi connectivity index (χ0) is 14.0. The molecule has 108 valence electrons. The van der Waals surface area contributed by atoms with Crippen molar-refractivity contribution in [3.63, 3.8) is 0 Å². The summed E-state index contributed by atoms with van der Waals surface area (Å²) in [5.74, 6) is 0. The largest absolute Gasteiger partial charge is 0.308 e. The lowest BCUT2D eigenvalue weighted by Gasteiger charge is -2.38. The average molecular weight is 265 g/mol. The van der Waals surface area contributed by atoms with Crippen LogP contribution in [-0.2, 0) is 7.05 Å². The minimum absolute atomic E-state index is 0.356. The van der Waals surface area contributed by atoms with Gasteiger partial charge >= 0.3 is 0 Å². The number of nitrogens with one attached hydrogen (secondary N) is 1. The van der Waals surface area contributed by atoms with Crippen molar-refractivity contribution < 1.29 is 0 Å². The van der Waals surface area contributed by atoms with Gasteiger partial charge in [0.2, 0.25) is 0 Å². The van der Waals surface area contributed by atoms with Crippen molar-refractivity contribution in [2.24, 2.45) is 7.05 Å². The molecule has 0 radical (unpaired) electrons. The van der Waals surface area contributed by atoms with Gasteiger partial charge in [-0.3, -0.25) is 9.58 Å². The van der Waals surface area contributed by atoms with Crippen molar-refractivity contribution in [3.8, 4) is 0 Å². The maximum absolute atomic E-state index is 4.41. The van der Waals surface area contributed by atoms with Crippen LogP contribution < -0.4 is 5.32 Å². The van der Waals surface area contributed by atoms with Crippen LogP contribution in [-0.4, -0.2) is 65.9 Å². The summed E-state index contributed by atoms with van der Waals surface area (Å²) in [6.07, 6.45) is 2.11. The van der Waals surface area contributed by atoms with Gasteiger partial charge in [0.05, 0.1) is 5.69 Å². The molecule has 1 aliphatic rings. The standard InChI is InChI=1S/C14H27N5/c1-11(14-10-19(5)16-12(14)2)15-8-13-9-17(3)6-7-18(13)4/h10-11,13,15H,6-9H2,1-5H3. The summed E-state index contributed by atoms with van der Waals surface area (Å²) in [5, 5.41) is 8.06. The Morgan fingerprint density at radius 2 is 2.11 bits per heavy atom. The van der Waals surface area contributed by atoms with Crippen LogP contribution in [0, 0.1) is 6.92 Å². The minimum Gasteiger partial charge on any atom is -0.308 e. The van der Waals surface area contributed by atoms with E-state index in [0.29, 0.717) is 12.1 Å². The third-order valence-corrected chi connectivity index (χ3v) is 4.16. The molecule has 1 fully saturated rings. The van der Waals surface area contributed by atoms with Crippen molar-refractivity contribution in [3.05, 3.63) is 17.5 Å². The van der Waals surface area contributed by atoms with Crippen LogP contribution >= 0.6 is 0 Å². The molecule has 5 heteroatoms. The van der Waals surface area contributed by atoms with Gasteiger partial charge in [-0.1, -0.05) is 0 Å². The Labute approximate surface area is 116 Å². The van der Waals surface area contributed by atoms with E-state index in [-0.39, 0.29) is 0 Å². The van der Waals surface area contributed by atoms with Crippen LogP contribution in [0.2, 0.25) is 0 Å². The lowest BCUT2D eigenvalue weighted by atomic mass is 10.1. The molecule has 2 atom stereocenters. The normalized spacial score (nSPS) is 23.7. The highest BCUT2D eigenvalue weighted by Crippen LogP contribution is 2.16. The number of aromatic nitrogens is 2. The van der Waals surface area contributed by atoms with Gasteiger partial charge < -0.3 is 10.2 Å². The summed E-state index contributed by atoms with van der Waals surface area (Å²) in [6.45, 7) is 8.79. The van der Waals surface area contributed by atoms with Crippen LogP contribution in [0.1, 0.15) is 24.2 Å². The Kier molecular flexibility index (Phi) is 4.60. The van der Waals surface area contributed by atoms with Crippen LogP contribution in [0.15, 0.2) is 6.20 Å². The fourth-order valence-electron chi connectivity index (χ4n) is 2.79. The van der Waals surface area contributed by atoms with Gasteiger partial charge in [-0.15, -0.1) is 0 Å².